The number of Topliss-reactive ketones (excluding diaryl/α,β-unsaturated/α-hetero) is 1. The zero-order valence-corrected chi connectivity index (χ0v) is 15.5. The van der Waals surface area contributed by atoms with Crippen molar-refractivity contribution in [2.24, 2.45) is 5.92 Å². The van der Waals surface area contributed by atoms with Gasteiger partial charge in [-0.05, 0) is 30.9 Å². The van der Waals surface area contributed by atoms with E-state index in [4.69, 9.17) is 4.42 Å². The monoisotopic (exact) mass is 359 g/mol. The molecule has 0 aliphatic heterocycles. The minimum Gasteiger partial charge on any atom is -0.434 e. The van der Waals surface area contributed by atoms with Crippen molar-refractivity contribution >= 4 is 28.7 Å². The third-order valence-electron chi connectivity index (χ3n) is 3.95. The highest BCUT2D eigenvalue weighted by Gasteiger charge is 2.28. The average Bonchev–Trinajstić information content (AvgIpc) is 3.01. The molecule has 1 heterocycles. The Balaban J connectivity index is 2.14. The summed E-state index contributed by atoms with van der Waals surface area (Å²) in [5, 5.41) is 5.36. The van der Waals surface area contributed by atoms with Crippen LogP contribution in [0, 0.1) is 5.92 Å². The molecule has 1 aromatic heterocycles. The lowest BCUT2D eigenvalue weighted by Crippen LogP contribution is -2.51. The summed E-state index contributed by atoms with van der Waals surface area (Å²) in [5.74, 6) is -0.874. The molecule has 2 rings (SSSR count). The number of para-hydroxylation sites is 2. The van der Waals surface area contributed by atoms with Gasteiger partial charge in [-0.25, -0.2) is 4.98 Å². The molecule has 0 bridgehead atoms. The maximum Gasteiger partial charge on any atom is 0.266 e. The number of benzene rings is 1. The second kappa shape index (κ2) is 8.60. The average molecular weight is 359 g/mol. The maximum atomic E-state index is 12.7. The Bertz CT molecular complexity index is 764. The standard InChI is InChI=1S/C19H25N3O4/c1-5-13(21-18(25)15(10-11(2)3)20-12(4)23)17(24)19-22-14-8-6-7-9-16(14)26-19/h6-9,11,13,15H,5,10H2,1-4H3,(H,20,23)(H,21,25)/t13-,15-/m0/s1. The van der Waals surface area contributed by atoms with Crippen molar-refractivity contribution < 1.29 is 18.8 Å². The van der Waals surface area contributed by atoms with Crippen LogP contribution >= 0.6 is 0 Å². The van der Waals surface area contributed by atoms with E-state index in [0.29, 0.717) is 23.9 Å². The number of nitrogens with zero attached hydrogens (tertiary/aromatic N) is 1. The first-order valence-electron chi connectivity index (χ1n) is 8.79. The molecule has 0 saturated heterocycles. The first-order valence-corrected chi connectivity index (χ1v) is 8.79. The Labute approximate surface area is 152 Å². The molecular weight excluding hydrogens is 334 g/mol. The van der Waals surface area contributed by atoms with E-state index < -0.39 is 12.1 Å². The molecule has 0 aliphatic carbocycles. The van der Waals surface area contributed by atoms with Gasteiger partial charge in [-0.15, -0.1) is 0 Å². The van der Waals surface area contributed by atoms with Crippen LogP contribution in [-0.2, 0) is 9.59 Å². The molecular formula is C19H25N3O4. The van der Waals surface area contributed by atoms with Crippen molar-refractivity contribution in [2.45, 2.75) is 52.6 Å². The van der Waals surface area contributed by atoms with Gasteiger partial charge in [-0.1, -0.05) is 32.9 Å². The highest BCUT2D eigenvalue weighted by atomic mass is 16.4. The van der Waals surface area contributed by atoms with Gasteiger partial charge in [-0.3, -0.25) is 14.4 Å². The summed E-state index contributed by atoms with van der Waals surface area (Å²) in [4.78, 5) is 40.8. The SMILES string of the molecule is CC[C@H](NC(=O)[C@H](CC(C)C)NC(C)=O)C(=O)c1nc2ccccc2o1. The summed E-state index contributed by atoms with van der Waals surface area (Å²) in [6.45, 7) is 7.08. The lowest BCUT2D eigenvalue weighted by atomic mass is 10.0. The molecule has 0 spiro atoms. The van der Waals surface area contributed by atoms with Gasteiger partial charge in [0.15, 0.2) is 5.58 Å². The van der Waals surface area contributed by atoms with Crippen molar-refractivity contribution in [3.8, 4) is 0 Å². The van der Waals surface area contributed by atoms with Crippen molar-refractivity contribution in [3.05, 3.63) is 30.2 Å². The first kappa shape index (κ1) is 19.6. The van der Waals surface area contributed by atoms with Crippen LogP contribution in [-0.4, -0.2) is 34.7 Å². The van der Waals surface area contributed by atoms with Gasteiger partial charge in [-0.2, -0.15) is 0 Å². The number of oxazole rings is 1. The van der Waals surface area contributed by atoms with Crippen LogP contribution in [0.4, 0.5) is 0 Å². The first-order chi connectivity index (χ1) is 12.3. The molecule has 26 heavy (non-hydrogen) atoms. The van der Waals surface area contributed by atoms with Crippen LogP contribution < -0.4 is 10.6 Å². The number of carbonyl (C=O) groups is 3. The third kappa shape index (κ3) is 4.91. The smallest absolute Gasteiger partial charge is 0.266 e. The van der Waals surface area contributed by atoms with E-state index in [9.17, 15) is 14.4 Å². The Hall–Kier alpha value is -2.70. The Morgan fingerprint density at radius 3 is 2.38 bits per heavy atom. The largest absolute Gasteiger partial charge is 0.434 e. The number of fused-ring (bicyclic) bond motifs is 1. The molecule has 7 heteroatoms. The Morgan fingerprint density at radius 1 is 1.12 bits per heavy atom. The minimum absolute atomic E-state index is 0.0294. The van der Waals surface area contributed by atoms with Crippen LogP contribution in [0.5, 0.6) is 0 Å². The van der Waals surface area contributed by atoms with Crippen LogP contribution in [0.1, 0.15) is 51.2 Å². The number of ketones is 1. The summed E-state index contributed by atoms with van der Waals surface area (Å²) in [5.41, 5.74) is 1.11. The molecule has 2 amide bonds. The summed E-state index contributed by atoms with van der Waals surface area (Å²) < 4.78 is 5.50. The van der Waals surface area contributed by atoms with Gasteiger partial charge >= 0.3 is 0 Å². The van der Waals surface area contributed by atoms with Gasteiger partial charge < -0.3 is 15.1 Å². The molecule has 2 atom stereocenters. The third-order valence-corrected chi connectivity index (χ3v) is 3.95. The zero-order chi connectivity index (χ0) is 19.3. The van der Waals surface area contributed by atoms with E-state index >= 15 is 0 Å². The Kier molecular flexibility index (Phi) is 6.49. The van der Waals surface area contributed by atoms with E-state index in [2.05, 4.69) is 15.6 Å². The molecule has 2 N–H and O–H groups in total. The molecule has 140 valence electrons. The van der Waals surface area contributed by atoms with Crippen LogP contribution in [0.25, 0.3) is 11.1 Å². The maximum absolute atomic E-state index is 12.7. The van der Waals surface area contributed by atoms with Gasteiger partial charge in [0.25, 0.3) is 5.89 Å². The van der Waals surface area contributed by atoms with E-state index in [1.165, 1.54) is 6.92 Å². The summed E-state index contributed by atoms with van der Waals surface area (Å²) >= 11 is 0. The normalized spacial score (nSPS) is 13.4. The fourth-order valence-electron chi connectivity index (χ4n) is 2.70. The number of nitrogens with one attached hydrogen (secondary N) is 2. The predicted molar refractivity (Wildman–Crippen MR) is 97.6 cm³/mol. The van der Waals surface area contributed by atoms with Crippen molar-refractivity contribution in [2.75, 3.05) is 0 Å². The molecule has 0 unspecified atom stereocenters. The second-order valence-corrected chi connectivity index (χ2v) is 6.70. The van der Waals surface area contributed by atoms with Crippen molar-refractivity contribution in [1.29, 1.82) is 0 Å². The van der Waals surface area contributed by atoms with Crippen LogP contribution in [0.2, 0.25) is 0 Å². The number of aromatic nitrogens is 1. The van der Waals surface area contributed by atoms with E-state index in [1.54, 1.807) is 25.1 Å². The number of amides is 2. The fourth-order valence-corrected chi connectivity index (χ4v) is 2.70. The van der Waals surface area contributed by atoms with Gasteiger partial charge in [0, 0.05) is 6.92 Å². The summed E-state index contributed by atoms with van der Waals surface area (Å²) in [7, 11) is 0. The highest BCUT2D eigenvalue weighted by molar-refractivity contribution is 6.00. The Morgan fingerprint density at radius 2 is 1.81 bits per heavy atom. The number of hydrogen-bond donors (Lipinski definition) is 2. The molecule has 1 aromatic carbocycles. The quantitative estimate of drug-likeness (QED) is 0.705. The molecule has 2 aromatic rings. The van der Waals surface area contributed by atoms with Crippen molar-refractivity contribution in [1.82, 2.24) is 15.6 Å². The fraction of sp³-hybridized carbons (Fsp3) is 0.474. The molecule has 0 aliphatic rings. The van der Waals surface area contributed by atoms with Crippen molar-refractivity contribution in [3.63, 3.8) is 0 Å². The molecule has 0 fully saturated rings. The van der Waals surface area contributed by atoms with Crippen LogP contribution in [0.3, 0.4) is 0 Å². The number of carbonyl (C=O) groups excluding carboxylic acids is 3. The topological polar surface area (TPSA) is 101 Å². The highest BCUT2D eigenvalue weighted by Crippen LogP contribution is 2.16. The van der Waals surface area contributed by atoms with Gasteiger partial charge in [0.1, 0.15) is 11.6 Å². The van der Waals surface area contributed by atoms with Crippen LogP contribution in [0.15, 0.2) is 28.7 Å². The molecule has 0 radical (unpaired) electrons. The summed E-state index contributed by atoms with van der Waals surface area (Å²) in [6, 6.07) is 5.64. The predicted octanol–water partition coefficient (Wildman–Crippen LogP) is 2.46. The second-order valence-electron chi connectivity index (χ2n) is 6.70. The van der Waals surface area contributed by atoms with Gasteiger partial charge in [0.05, 0.1) is 6.04 Å². The lowest BCUT2D eigenvalue weighted by molar-refractivity contribution is -0.128. The number of rotatable bonds is 8. The summed E-state index contributed by atoms with van der Waals surface area (Å²) in [6.07, 6.45) is 0.872. The van der Waals surface area contributed by atoms with E-state index in [-0.39, 0.29) is 29.4 Å². The number of hydrogen-bond acceptors (Lipinski definition) is 5. The van der Waals surface area contributed by atoms with E-state index in [1.807, 2.05) is 19.9 Å². The molecule has 0 saturated carbocycles. The zero-order valence-electron chi connectivity index (χ0n) is 15.5. The minimum atomic E-state index is -0.765. The van der Waals surface area contributed by atoms with E-state index in [0.717, 1.165) is 0 Å². The van der Waals surface area contributed by atoms with Gasteiger partial charge in [0.2, 0.25) is 17.6 Å². The lowest BCUT2D eigenvalue weighted by Gasteiger charge is -2.22. The molecule has 7 nitrogen and oxygen atoms in total.